The summed E-state index contributed by atoms with van der Waals surface area (Å²) in [7, 11) is 0. The second-order valence-corrected chi connectivity index (χ2v) is 6.17. The normalized spacial score (nSPS) is 13.7. The molecule has 1 heterocycles. The average Bonchev–Trinajstić information content (AvgIpc) is 2.90. The molecule has 1 aromatic carbocycles. The van der Waals surface area contributed by atoms with E-state index in [9.17, 15) is 4.39 Å². The molecular weight excluding hydrogens is 337 g/mol. The van der Waals surface area contributed by atoms with E-state index in [4.69, 9.17) is 9.78 Å². The molecule has 1 atom stereocenters. The van der Waals surface area contributed by atoms with Crippen LogP contribution in [0, 0.1) is 22.6 Å². The fourth-order valence-corrected chi connectivity index (χ4v) is 2.40. The van der Waals surface area contributed by atoms with Gasteiger partial charge in [0.05, 0.1) is 6.07 Å². The Bertz CT molecular complexity index is 680. The van der Waals surface area contributed by atoms with Gasteiger partial charge >= 0.3 is 0 Å². The number of rotatable bonds is 5. The standard InChI is InChI=1S/C15H15BrFN3O/c1-3-15(2,6-7-18)9-13-19-14(20-21-13)11-8-10(17)4-5-12(11)16/h4-5,8H,3,6,9H2,1-2H3. The highest BCUT2D eigenvalue weighted by molar-refractivity contribution is 9.10. The Kier molecular flexibility index (Phi) is 4.73. The third-order valence-corrected chi connectivity index (χ3v) is 4.27. The van der Waals surface area contributed by atoms with Crippen molar-refractivity contribution < 1.29 is 8.91 Å². The Labute approximate surface area is 131 Å². The van der Waals surface area contributed by atoms with Crippen LogP contribution in [0.25, 0.3) is 11.4 Å². The van der Waals surface area contributed by atoms with Crippen molar-refractivity contribution in [3.05, 3.63) is 34.4 Å². The minimum absolute atomic E-state index is 0.197. The zero-order valence-electron chi connectivity index (χ0n) is 11.9. The van der Waals surface area contributed by atoms with Gasteiger partial charge in [-0.1, -0.05) is 34.9 Å². The fourth-order valence-electron chi connectivity index (χ4n) is 1.97. The molecule has 0 fully saturated rings. The Balaban J connectivity index is 2.26. The zero-order valence-corrected chi connectivity index (χ0v) is 13.4. The number of benzene rings is 1. The lowest BCUT2D eigenvalue weighted by Gasteiger charge is -2.22. The molecule has 1 unspecified atom stereocenters. The lowest BCUT2D eigenvalue weighted by Crippen LogP contribution is -2.18. The number of nitriles is 1. The Morgan fingerprint density at radius 2 is 2.24 bits per heavy atom. The number of hydrogen-bond acceptors (Lipinski definition) is 4. The Morgan fingerprint density at radius 3 is 2.90 bits per heavy atom. The van der Waals surface area contributed by atoms with Crippen LogP contribution in [-0.4, -0.2) is 10.1 Å². The monoisotopic (exact) mass is 351 g/mol. The second kappa shape index (κ2) is 6.35. The summed E-state index contributed by atoms with van der Waals surface area (Å²) in [6.45, 7) is 4.04. The van der Waals surface area contributed by atoms with Crippen molar-refractivity contribution in [3.8, 4) is 17.5 Å². The molecule has 0 saturated heterocycles. The van der Waals surface area contributed by atoms with E-state index in [0.717, 1.165) is 6.42 Å². The van der Waals surface area contributed by atoms with E-state index in [-0.39, 0.29) is 11.2 Å². The maximum Gasteiger partial charge on any atom is 0.227 e. The first kappa shape index (κ1) is 15.6. The molecule has 4 nitrogen and oxygen atoms in total. The van der Waals surface area contributed by atoms with Crippen LogP contribution in [0.1, 0.15) is 32.6 Å². The molecule has 1 aromatic heterocycles. The van der Waals surface area contributed by atoms with E-state index < -0.39 is 0 Å². The SMILES string of the molecule is CCC(C)(CC#N)Cc1nc(-c2cc(F)ccc2Br)no1. The first-order valence-electron chi connectivity index (χ1n) is 6.62. The quantitative estimate of drug-likeness (QED) is 0.794. The summed E-state index contributed by atoms with van der Waals surface area (Å²) in [5.41, 5.74) is 0.348. The minimum atomic E-state index is -0.359. The summed E-state index contributed by atoms with van der Waals surface area (Å²) in [4.78, 5) is 4.31. The maximum absolute atomic E-state index is 13.3. The lowest BCUT2D eigenvalue weighted by atomic mass is 9.81. The summed E-state index contributed by atoms with van der Waals surface area (Å²) < 4.78 is 19.3. The molecule has 0 amide bonds. The van der Waals surface area contributed by atoms with Crippen molar-refractivity contribution in [2.24, 2.45) is 5.41 Å². The molecule has 0 aliphatic carbocycles. The van der Waals surface area contributed by atoms with Gasteiger partial charge in [0.2, 0.25) is 11.7 Å². The Hall–Kier alpha value is -1.74. The predicted molar refractivity (Wildman–Crippen MR) is 79.7 cm³/mol. The van der Waals surface area contributed by atoms with Gasteiger partial charge in [-0.25, -0.2) is 4.39 Å². The molecule has 0 saturated carbocycles. The van der Waals surface area contributed by atoms with E-state index in [2.05, 4.69) is 32.1 Å². The molecule has 0 N–H and O–H groups in total. The van der Waals surface area contributed by atoms with Gasteiger partial charge in [-0.05, 0) is 30.0 Å². The number of nitrogens with zero attached hydrogens (tertiary/aromatic N) is 3. The average molecular weight is 352 g/mol. The zero-order chi connectivity index (χ0) is 15.5. The highest BCUT2D eigenvalue weighted by Crippen LogP contribution is 2.31. The summed E-state index contributed by atoms with van der Waals surface area (Å²) in [5.74, 6) is 0.440. The lowest BCUT2D eigenvalue weighted by molar-refractivity contribution is 0.266. The molecule has 2 rings (SSSR count). The smallest absolute Gasteiger partial charge is 0.227 e. The molecule has 6 heteroatoms. The van der Waals surface area contributed by atoms with E-state index in [1.165, 1.54) is 12.1 Å². The van der Waals surface area contributed by atoms with Crippen molar-refractivity contribution >= 4 is 15.9 Å². The van der Waals surface area contributed by atoms with Crippen LogP contribution >= 0.6 is 15.9 Å². The van der Waals surface area contributed by atoms with Crippen LogP contribution < -0.4 is 0 Å². The summed E-state index contributed by atoms with van der Waals surface area (Å²) >= 11 is 3.34. The van der Waals surface area contributed by atoms with Gasteiger partial charge in [0, 0.05) is 22.9 Å². The van der Waals surface area contributed by atoms with Gasteiger partial charge in [-0.2, -0.15) is 10.2 Å². The van der Waals surface area contributed by atoms with E-state index in [1.54, 1.807) is 6.07 Å². The number of aromatic nitrogens is 2. The van der Waals surface area contributed by atoms with Crippen molar-refractivity contribution in [2.75, 3.05) is 0 Å². The molecule has 0 spiro atoms. The van der Waals surface area contributed by atoms with Crippen LogP contribution in [-0.2, 0) is 6.42 Å². The maximum atomic E-state index is 13.3. The van der Waals surface area contributed by atoms with Crippen LogP contribution in [0.5, 0.6) is 0 Å². The fraction of sp³-hybridized carbons (Fsp3) is 0.400. The highest BCUT2D eigenvalue weighted by atomic mass is 79.9. The van der Waals surface area contributed by atoms with E-state index in [0.29, 0.717) is 34.6 Å². The van der Waals surface area contributed by atoms with Crippen LogP contribution in [0.2, 0.25) is 0 Å². The van der Waals surface area contributed by atoms with Crippen LogP contribution in [0.15, 0.2) is 27.2 Å². The molecule has 0 radical (unpaired) electrons. The number of halogens is 2. The van der Waals surface area contributed by atoms with Gasteiger partial charge < -0.3 is 4.52 Å². The Morgan fingerprint density at radius 1 is 1.48 bits per heavy atom. The van der Waals surface area contributed by atoms with Crippen LogP contribution in [0.3, 0.4) is 0 Å². The third kappa shape index (κ3) is 3.67. The molecule has 0 aliphatic rings. The van der Waals surface area contributed by atoms with Gasteiger partial charge in [-0.15, -0.1) is 0 Å². The van der Waals surface area contributed by atoms with Gasteiger partial charge in [0.25, 0.3) is 0 Å². The van der Waals surface area contributed by atoms with E-state index in [1.807, 2.05) is 13.8 Å². The molecule has 2 aromatic rings. The van der Waals surface area contributed by atoms with E-state index >= 15 is 0 Å². The molecule has 110 valence electrons. The molecule has 0 bridgehead atoms. The largest absolute Gasteiger partial charge is 0.339 e. The third-order valence-electron chi connectivity index (χ3n) is 3.57. The van der Waals surface area contributed by atoms with Gasteiger partial charge in [0.15, 0.2) is 0 Å². The van der Waals surface area contributed by atoms with Crippen molar-refractivity contribution in [2.45, 2.75) is 33.1 Å². The highest BCUT2D eigenvalue weighted by Gasteiger charge is 2.26. The first-order valence-corrected chi connectivity index (χ1v) is 7.41. The molecule has 0 aliphatic heterocycles. The predicted octanol–water partition coefficient (Wildman–Crippen LogP) is 4.51. The first-order chi connectivity index (χ1) is 9.97. The summed E-state index contributed by atoms with van der Waals surface area (Å²) in [5, 5.41) is 12.8. The number of hydrogen-bond donors (Lipinski definition) is 0. The topological polar surface area (TPSA) is 62.7 Å². The van der Waals surface area contributed by atoms with Gasteiger partial charge in [-0.3, -0.25) is 0 Å². The summed E-state index contributed by atoms with van der Waals surface area (Å²) in [6, 6.07) is 6.50. The molecule has 21 heavy (non-hydrogen) atoms. The minimum Gasteiger partial charge on any atom is -0.339 e. The second-order valence-electron chi connectivity index (χ2n) is 5.31. The molecular formula is C15H15BrFN3O. The van der Waals surface area contributed by atoms with Crippen molar-refractivity contribution in [1.82, 2.24) is 10.1 Å². The van der Waals surface area contributed by atoms with Crippen molar-refractivity contribution in [1.29, 1.82) is 5.26 Å². The van der Waals surface area contributed by atoms with Gasteiger partial charge in [0.1, 0.15) is 5.82 Å². The van der Waals surface area contributed by atoms with Crippen LogP contribution in [0.4, 0.5) is 4.39 Å². The summed E-state index contributed by atoms with van der Waals surface area (Å²) in [6.07, 6.45) is 1.78. The van der Waals surface area contributed by atoms with Crippen molar-refractivity contribution in [3.63, 3.8) is 0 Å².